The van der Waals surface area contributed by atoms with Gasteiger partial charge in [-0.2, -0.15) is 0 Å². The molecule has 2 aliphatic carbocycles. The van der Waals surface area contributed by atoms with Crippen molar-refractivity contribution in [2.24, 2.45) is 11.1 Å². The van der Waals surface area contributed by atoms with Crippen LogP contribution in [0.5, 0.6) is 0 Å². The number of aromatic nitrogens is 2. The van der Waals surface area contributed by atoms with Crippen LogP contribution in [-0.4, -0.2) is 34.6 Å². The molecule has 1 aromatic heterocycles. The quantitative estimate of drug-likeness (QED) is 0.792. The summed E-state index contributed by atoms with van der Waals surface area (Å²) < 4.78 is 5.71. The number of hydrogen-bond donors (Lipinski definition) is 2. The Hall–Kier alpha value is -1.69. The fraction of sp³-hybridized carbons (Fsp3) is 0.737. The van der Waals surface area contributed by atoms with Crippen LogP contribution in [0.2, 0.25) is 0 Å². The van der Waals surface area contributed by atoms with Crippen LogP contribution in [0.4, 0.5) is 5.95 Å². The number of nitrogens with one attached hydrogen (secondary N) is 1. The minimum atomic E-state index is -0.443. The van der Waals surface area contributed by atoms with Gasteiger partial charge in [-0.15, -0.1) is 0 Å². The summed E-state index contributed by atoms with van der Waals surface area (Å²) in [5, 5.41) is 3.44. The lowest BCUT2D eigenvalue weighted by Gasteiger charge is -2.38. The monoisotopic (exact) mass is 346 g/mol. The van der Waals surface area contributed by atoms with E-state index in [9.17, 15) is 4.79 Å². The van der Waals surface area contributed by atoms with E-state index in [0.717, 1.165) is 44.4 Å². The molecule has 0 unspecified atom stereocenters. The molecule has 3 N–H and O–H groups in total. The molecule has 1 aromatic rings. The van der Waals surface area contributed by atoms with Gasteiger partial charge in [0, 0.05) is 18.8 Å². The summed E-state index contributed by atoms with van der Waals surface area (Å²) in [6, 6.07) is 0.364. The number of nitrogens with two attached hydrogens (primary N) is 1. The van der Waals surface area contributed by atoms with Gasteiger partial charge >= 0.3 is 0 Å². The molecule has 6 nitrogen and oxygen atoms in total. The van der Waals surface area contributed by atoms with Gasteiger partial charge in [0.1, 0.15) is 0 Å². The van der Waals surface area contributed by atoms with Gasteiger partial charge in [-0.3, -0.25) is 4.79 Å². The highest BCUT2D eigenvalue weighted by molar-refractivity contribution is 5.93. The van der Waals surface area contributed by atoms with Gasteiger partial charge in [0.15, 0.2) is 0 Å². The second-order valence-corrected chi connectivity index (χ2v) is 7.83. The van der Waals surface area contributed by atoms with E-state index in [1.165, 1.54) is 19.3 Å². The summed E-state index contributed by atoms with van der Waals surface area (Å²) >= 11 is 0. The Balaban J connectivity index is 1.67. The molecule has 0 bridgehead atoms. The van der Waals surface area contributed by atoms with Crippen molar-refractivity contribution in [3.63, 3.8) is 0 Å². The third-order valence-electron chi connectivity index (χ3n) is 5.70. The third-order valence-corrected chi connectivity index (χ3v) is 5.70. The topological polar surface area (TPSA) is 90.1 Å². The smallest absolute Gasteiger partial charge is 0.252 e. The highest BCUT2D eigenvalue weighted by Gasteiger charge is 2.33. The molecule has 2 aliphatic rings. The first-order chi connectivity index (χ1) is 12.0. The van der Waals surface area contributed by atoms with Crippen LogP contribution in [-0.2, 0) is 11.2 Å². The van der Waals surface area contributed by atoms with Gasteiger partial charge in [-0.05, 0) is 57.3 Å². The van der Waals surface area contributed by atoms with Gasteiger partial charge in [0.05, 0.1) is 17.4 Å². The number of carbonyl (C=O) groups excluding carboxylic acids is 1. The molecule has 2 saturated carbocycles. The normalized spacial score (nSPS) is 25.2. The molecule has 2 fully saturated rings. The number of primary amides is 1. The highest BCUT2D eigenvalue weighted by Crippen LogP contribution is 2.43. The molecule has 138 valence electrons. The summed E-state index contributed by atoms with van der Waals surface area (Å²) in [7, 11) is 0. The van der Waals surface area contributed by atoms with E-state index in [1.54, 1.807) is 6.20 Å². The number of nitrogens with zero attached hydrogens (tertiary/aromatic N) is 2. The SMILES string of the molecule is CCOC1CCC(Nc2ncc(C(N)=O)c(CC3(C)CCC3)n2)CC1. The Labute approximate surface area is 149 Å². The lowest BCUT2D eigenvalue weighted by molar-refractivity contribution is 0.0346. The largest absolute Gasteiger partial charge is 0.379 e. The maximum Gasteiger partial charge on any atom is 0.252 e. The minimum Gasteiger partial charge on any atom is -0.379 e. The second-order valence-electron chi connectivity index (χ2n) is 7.83. The first kappa shape index (κ1) is 18.1. The number of carbonyl (C=O) groups is 1. The maximum atomic E-state index is 11.7. The number of amides is 1. The zero-order valence-corrected chi connectivity index (χ0v) is 15.4. The lowest BCUT2D eigenvalue weighted by atomic mass is 9.67. The predicted octanol–water partition coefficient (Wildman–Crippen LogP) is 3.07. The minimum absolute atomic E-state index is 0.241. The molecule has 0 spiro atoms. The van der Waals surface area contributed by atoms with Gasteiger partial charge in [-0.25, -0.2) is 9.97 Å². The van der Waals surface area contributed by atoms with E-state index < -0.39 is 5.91 Å². The van der Waals surface area contributed by atoms with Crippen LogP contribution in [0, 0.1) is 5.41 Å². The fourth-order valence-corrected chi connectivity index (χ4v) is 3.98. The van der Waals surface area contributed by atoms with Crippen molar-refractivity contribution < 1.29 is 9.53 Å². The molecule has 0 aliphatic heterocycles. The van der Waals surface area contributed by atoms with Crippen LogP contribution in [0.15, 0.2) is 6.20 Å². The van der Waals surface area contributed by atoms with Crippen LogP contribution in [0.1, 0.15) is 74.8 Å². The van der Waals surface area contributed by atoms with Crippen LogP contribution in [0.3, 0.4) is 0 Å². The zero-order chi connectivity index (χ0) is 17.9. The zero-order valence-electron chi connectivity index (χ0n) is 15.4. The van der Waals surface area contributed by atoms with E-state index in [4.69, 9.17) is 10.5 Å². The van der Waals surface area contributed by atoms with Crippen LogP contribution < -0.4 is 11.1 Å². The molecule has 0 aromatic carbocycles. The van der Waals surface area contributed by atoms with Crippen LogP contribution >= 0.6 is 0 Å². The standard InChI is InChI=1S/C19H30N4O2/c1-3-25-14-7-5-13(6-8-14)22-18-21-12-15(17(20)24)16(23-18)11-19(2)9-4-10-19/h12-14H,3-11H2,1-2H3,(H2,20,24)(H,21,22,23). The van der Waals surface area contributed by atoms with Crippen molar-refractivity contribution in [3.05, 3.63) is 17.5 Å². The average molecular weight is 346 g/mol. The number of hydrogen-bond acceptors (Lipinski definition) is 5. The predicted molar refractivity (Wildman–Crippen MR) is 97.5 cm³/mol. The van der Waals surface area contributed by atoms with E-state index in [1.807, 2.05) is 6.92 Å². The molecule has 6 heteroatoms. The molecule has 0 atom stereocenters. The van der Waals surface area contributed by atoms with E-state index >= 15 is 0 Å². The Bertz CT molecular complexity index is 607. The second kappa shape index (κ2) is 7.68. The van der Waals surface area contributed by atoms with Crippen molar-refractivity contribution >= 4 is 11.9 Å². The Morgan fingerprint density at radius 1 is 1.36 bits per heavy atom. The molecule has 3 rings (SSSR count). The Morgan fingerprint density at radius 3 is 2.64 bits per heavy atom. The lowest BCUT2D eigenvalue weighted by Crippen LogP contribution is -2.32. The summed E-state index contributed by atoms with van der Waals surface area (Å²) in [6.07, 6.45) is 10.6. The van der Waals surface area contributed by atoms with E-state index in [0.29, 0.717) is 23.7 Å². The summed E-state index contributed by atoms with van der Waals surface area (Å²) in [6.45, 7) is 5.08. The number of ether oxygens (including phenoxy) is 1. The molecule has 1 heterocycles. The first-order valence-corrected chi connectivity index (χ1v) is 9.53. The molecular weight excluding hydrogens is 316 g/mol. The van der Waals surface area contributed by atoms with Crippen molar-refractivity contribution in [2.75, 3.05) is 11.9 Å². The highest BCUT2D eigenvalue weighted by atomic mass is 16.5. The third kappa shape index (κ3) is 4.48. The number of rotatable bonds is 7. The molecule has 0 saturated heterocycles. The summed E-state index contributed by atoms with van der Waals surface area (Å²) in [5.41, 5.74) is 7.00. The number of anilines is 1. The molecule has 25 heavy (non-hydrogen) atoms. The van der Waals surface area contributed by atoms with Crippen molar-refractivity contribution in [1.29, 1.82) is 0 Å². The van der Waals surface area contributed by atoms with Gasteiger partial charge in [0.2, 0.25) is 5.95 Å². The van der Waals surface area contributed by atoms with Crippen molar-refractivity contribution in [1.82, 2.24) is 9.97 Å². The van der Waals surface area contributed by atoms with E-state index in [2.05, 4.69) is 22.2 Å². The summed E-state index contributed by atoms with van der Waals surface area (Å²) in [4.78, 5) is 20.7. The van der Waals surface area contributed by atoms with Crippen molar-refractivity contribution in [2.45, 2.75) is 77.4 Å². The first-order valence-electron chi connectivity index (χ1n) is 9.53. The van der Waals surface area contributed by atoms with Crippen molar-refractivity contribution in [3.8, 4) is 0 Å². The average Bonchev–Trinajstić information content (AvgIpc) is 2.55. The van der Waals surface area contributed by atoms with E-state index in [-0.39, 0.29) is 5.41 Å². The fourth-order valence-electron chi connectivity index (χ4n) is 3.98. The molecule has 1 amide bonds. The molecular formula is C19H30N4O2. The Morgan fingerprint density at radius 2 is 2.08 bits per heavy atom. The Kier molecular flexibility index (Phi) is 5.57. The summed E-state index contributed by atoms with van der Waals surface area (Å²) in [5.74, 6) is 0.171. The van der Waals surface area contributed by atoms with Gasteiger partial charge in [-0.1, -0.05) is 13.3 Å². The maximum absolute atomic E-state index is 11.7. The van der Waals surface area contributed by atoms with Gasteiger partial charge in [0.25, 0.3) is 5.91 Å². The van der Waals surface area contributed by atoms with Gasteiger partial charge < -0.3 is 15.8 Å². The van der Waals surface area contributed by atoms with Crippen LogP contribution in [0.25, 0.3) is 0 Å². The molecule has 0 radical (unpaired) electrons.